The Morgan fingerprint density at radius 1 is 1.07 bits per heavy atom. The topological polar surface area (TPSA) is 76.3 Å². The zero-order chi connectivity index (χ0) is 19.2. The van der Waals surface area contributed by atoms with Crippen LogP contribution >= 0.6 is 0 Å². The van der Waals surface area contributed by atoms with Crippen LogP contribution in [0, 0.1) is 0 Å². The fourth-order valence-electron chi connectivity index (χ4n) is 2.88. The minimum atomic E-state index is -0.438. The van der Waals surface area contributed by atoms with Gasteiger partial charge < -0.3 is 0 Å². The first-order chi connectivity index (χ1) is 13.1. The van der Waals surface area contributed by atoms with Crippen LogP contribution in [0.15, 0.2) is 64.5 Å². The lowest BCUT2D eigenvalue weighted by Crippen LogP contribution is -2.27. The molecule has 6 nitrogen and oxygen atoms in total. The van der Waals surface area contributed by atoms with E-state index < -0.39 is 5.91 Å². The zero-order valence-electron chi connectivity index (χ0n) is 15.5. The molecule has 0 saturated heterocycles. The molecule has 0 aliphatic heterocycles. The third-order valence-electron chi connectivity index (χ3n) is 4.34. The number of hydrogen-bond donors (Lipinski definition) is 1. The van der Waals surface area contributed by atoms with Crippen molar-refractivity contribution < 1.29 is 4.79 Å². The van der Waals surface area contributed by atoms with Gasteiger partial charge in [-0.15, -0.1) is 0 Å². The van der Waals surface area contributed by atoms with Gasteiger partial charge in [-0.2, -0.15) is 10.2 Å². The van der Waals surface area contributed by atoms with Gasteiger partial charge in [0.2, 0.25) is 0 Å². The van der Waals surface area contributed by atoms with Crippen molar-refractivity contribution in [1.82, 2.24) is 15.2 Å². The number of fused-ring (bicyclic) bond motifs is 1. The van der Waals surface area contributed by atoms with Gasteiger partial charge in [-0.1, -0.05) is 61.9 Å². The minimum absolute atomic E-state index is 0.180. The average Bonchev–Trinajstić information content (AvgIpc) is 2.71. The maximum absolute atomic E-state index is 12.7. The SMILES string of the molecule is CCCC/C(=N/NC(=O)c1nn(C)c(=O)c2ccccc12)c1ccccc1. The number of amides is 1. The number of carbonyl (C=O) groups is 1. The molecule has 0 radical (unpaired) electrons. The van der Waals surface area contributed by atoms with Crippen molar-refractivity contribution in [2.45, 2.75) is 26.2 Å². The van der Waals surface area contributed by atoms with Gasteiger partial charge >= 0.3 is 0 Å². The van der Waals surface area contributed by atoms with Gasteiger partial charge in [0.25, 0.3) is 11.5 Å². The predicted molar refractivity (Wildman–Crippen MR) is 107 cm³/mol. The highest BCUT2D eigenvalue weighted by Crippen LogP contribution is 2.13. The summed E-state index contributed by atoms with van der Waals surface area (Å²) in [6, 6.07) is 16.7. The highest BCUT2D eigenvalue weighted by Gasteiger charge is 2.15. The fourth-order valence-corrected chi connectivity index (χ4v) is 2.88. The van der Waals surface area contributed by atoms with E-state index in [0.29, 0.717) is 10.8 Å². The van der Waals surface area contributed by atoms with Crippen LogP contribution in [0.25, 0.3) is 10.8 Å². The Hall–Kier alpha value is -3.28. The molecule has 1 N–H and O–H groups in total. The largest absolute Gasteiger partial charge is 0.292 e. The fraction of sp³-hybridized carbons (Fsp3) is 0.238. The van der Waals surface area contributed by atoms with Crippen LogP contribution in [0.1, 0.15) is 42.2 Å². The van der Waals surface area contributed by atoms with E-state index in [2.05, 4.69) is 22.5 Å². The summed E-state index contributed by atoms with van der Waals surface area (Å²) in [5, 5.41) is 9.47. The Morgan fingerprint density at radius 3 is 2.44 bits per heavy atom. The second-order valence-corrected chi connectivity index (χ2v) is 6.29. The van der Waals surface area contributed by atoms with Gasteiger partial charge in [0.15, 0.2) is 5.69 Å². The molecule has 0 fully saturated rings. The number of benzene rings is 2. The van der Waals surface area contributed by atoms with Crippen LogP contribution in [-0.4, -0.2) is 21.4 Å². The molecule has 0 unspecified atom stereocenters. The molecule has 3 rings (SSSR count). The summed E-state index contributed by atoms with van der Waals surface area (Å²) < 4.78 is 1.18. The summed E-state index contributed by atoms with van der Waals surface area (Å²) in [6.07, 6.45) is 2.78. The smallest absolute Gasteiger partial charge is 0.267 e. The minimum Gasteiger partial charge on any atom is -0.267 e. The molecule has 1 aromatic heterocycles. The molecule has 0 aliphatic rings. The maximum Gasteiger partial charge on any atom is 0.292 e. The first-order valence-corrected chi connectivity index (χ1v) is 9.00. The third kappa shape index (κ3) is 4.11. The average molecular weight is 362 g/mol. The normalized spacial score (nSPS) is 11.6. The van der Waals surface area contributed by atoms with E-state index in [1.807, 2.05) is 30.3 Å². The Kier molecular flexibility index (Phi) is 5.76. The number of hydrogen-bond acceptors (Lipinski definition) is 4. The summed E-state index contributed by atoms with van der Waals surface area (Å²) in [5.41, 5.74) is 4.35. The third-order valence-corrected chi connectivity index (χ3v) is 4.34. The van der Waals surface area contributed by atoms with Gasteiger partial charge in [-0.3, -0.25) is 9.59 Å². The van der Waals surface area contributed by atoms with Crippen molar-refractivity contribution in [3.05, 3.63) is 76.2 Å². The Bertz CT molecular complexity index is 1040. The standard InChI is InChI=1S/C21H22N4O2/c1-3-4-14-18(15-10-6-5-7-11-15)22-23-20(26)19-16-12-8-9-13-17(16)21(27)25(2)24-19/h5-13H,3-4,14H2,1-2H3,(H,23,26)/b22-18-. The van der Waals surface area contributed by atoms with E-state index in [0.717, 1.165) is 30.5 Å². The van der Waals surface area contributed by atoms with E-state index in [9.17, 15) is 9.59 Å². The summed E-state index contributed by atoms with van der Waals surface area (Å²) in [4.78, 5) is 24.9. The Morgan fingerprint density at radius 2 is 1.74 bits per heavy atom. The Balaban J connectivity index is 1.94. The van der Waals surface area contributed by atoms with Gasteiger partial charge in [0.1, 0.15) is 0 Å². The number of unbranched alkanes of at least 4 members (excludes halogenated alkanes) is 1. The quantitative estimate of drug-likeness (QED) is 0.540. The van der Waals surface area contributed by atoms with Gasteiger partial charge in [-0.05, 0) is 24.5 Å². The Labute approximate surface area is 157 Å². The number of aromatic nitrogens is 2. The van der Waals surface area contributed by atoms with E-state index in [1.165, 1.54) is 11.7 Å². The summed E-state index contributed by atoms with van der Waals surface area (Å²) in [7, 11) is 1.53. The number of hydrazone groups is 1. The molecule has 0 bridgehead atoms. The lowest BCUT2D eigenvalue weighted by atomic mass is 10.1. The van der Waals surface area contributed by atoms with E-state index in [4.69, 9.17) is 0 Å². The second kappa shape index (κ2) is 8.40. The molecule has 0 spiro atoms. The highest BCUT2D eigenvalue weighted by atomic mass is 16.2. The number of carbonyl (C=O) groups excluding carboxylic acids is 1. The summed E-state index contributed by atoms with van der Waals surface area (Å²) in [6.45, 7) is 2.11. The van der Waals surface area contributed by atoms with Crippen LogP contribution in [0.3, 0.4) is 0 Å². The highest BCUT2D eigenvalue weighted by molar-refractivity contribution is 6.06. The first-order valence-electron chi connectivity index (χ1n) is 9.00. The lowest BCUT2D eigenvalue weighted by molar-refractivity contribution is 0.0949. The summed E-state index contributed by atoms with van der Waals surface area (Å²) >= 11 is 0. The van der Waals surface area contributed by atoms with Crippen molar-refractivity contribution in [2.24, 2.45) is 12.1 Å². The maximum atomic E-state index is 12.7. The van der Waals surface area contributed by atoms with Crippen molar-refractivity contribution in [3.63, 3.8) is 0 Å². The van der Waals surface area contributed by atoms with Gasteiger partial charge in [-0.25, -0.2) is 10.1 Å². The van der Waals surface area contributed by atoms with Crippen molar-refractivity contribution in [3.8, 4) is 0 Å². The number of aryl methyl sites for hydroxylation is 1. The monoisotopic (exact) mass is 362 g/mol. The molecule has 1 heterocycles. The molecule has 0 atom stereocenters. The molecule has 0 aliphatic carbocycles. The van der Waals surface area contributed by atoms with Crippen LogP contribution in [0.4, 0.5) is 0 Å². The molecule has 1 amide bonds. The van der Waals surface area contributed by atoms with Crippen LogP contribution in [-0.2, 0) is 7.05 Å². The summed E-state index contributed by atoms with van der Waals surface area (Å²) in [5.74, 6) is -0.438. The van der Waals surface area contributed by atoms with Gasteiger partial charge in [0, 0.05) is 12.4 Å². The van der Waals surface area contributed by atoms with E-state index in [1.54, 1.807) is 24.3 Å². The van der Waals surface area contributed by atoms with Crippen molar-refractivity contribution >= 4 is 22.4 Å². The first kappa shape index (κ1) is 18.5. The number of nitrogens with one attached hydrogen (secondary N) is 1. The van der Waals surface area contributed by atoms with Gasteiger partial charge in [0.05, 0.1) is 11.1 Å². The molecule has 27 heavy (non-hydrogen) atoms. The second-order valence-electron chi connectivity index (χ2n) is 6.29. The van der Waals surface area contributed by atoms with Crippen LogP contribution in [0.5, 0.6) is 0 Å². The lowest BCUT2D eigenvalue weighted by Gasteiger charge is -2.09. The molecule has 3 aromatic rings. The number of nitrogens with zero attached hydrogens (tertiary/aromatic N) is 3. The van der Waals surface area contributed by atoms with E-state index >= 15 is 0 Å². The van der Waals surface area contributed by atoms with Crippen LogP contribution in [0.2, 0.25) is 0 Å². The van der Waals surface area contributed by atoms with Crippen LogP contribution < -0.4 is 11.0 Å². The molecule has 2 aromatic carbocycles. The zero-order valence-corrected chi connectivity index (χ0v) is 15.5. The van der Waals surface area contributed by atoms with E-state index in [-0.39, 0.29) is 11.3 Å². The molecule has 0 saturated carbocycles. The molecule has 6 heteroatoms. The molecule has 138 valence electrons. The molecular weight excluding hydrogens is 340 g/mol. The number of rotatable bonds is 6. The molecular formula is C21H22N4O2. The van der Waals surface area contributed by atoms with Crippen molar-refractivity contribution in [1.29, 1.82) is 0 Å². The van der Waals surface area contributed by atoms with Crippen molar-refractivity contribution in [2.75, 3.05) is 0 Å². The predicted octanol–water partition coefficient (Wildman–Crippen LogP) is 3.26.